The van der Waals surface area contributed by atoms with Gasteiger partial charge in [-0.05, 0) is 92.8 Å². The van der Waals surface area contributed by atoms with Crippen LogP contribution in [-0.4, -0.2) is 28.4 Å². The molecular weight excluding hydrogens is 609 g/mol. The Labute approximate surface area is 283 Å². The van der Waals surface area contributed by atoms with Crippen molar-refractivity contribution >= 4 is 88.2 Å². The quantitative estimate of drug-likeness (QED) is 0.184. The number of hydrogen-bond acceptors (Lipinski definition) is 4. The van der Waals surface area contributed by atoms with E-state index in [1.54, 1.807) is 25.2 Å². The lowest BCUT2D eigenvalue weighted by molar-refractivity contribution is -0.0893. The van der Waals surface area contributed by atoms with Gasteiger partial charge in [0.25, 0.3) is 0 Å². The zero-order valence-corrected chi connectivity index (χ0v) is 28.1. The van der Waals surface area contributed by atoms with Gasteiger partial charge < -0.3 is 18.7 Å². The molecule has 0 bridgehead atoms. The van der Waals surface area contributed by atoms with Crippen LogP contribution in [0.3, 0.4) is 0 Å². The van der Waals surface area contributed by atoms with Gasteiger partial charge in [-0.3, -0.25) is 0 Å². The summed E-state index contributed by atoms with van der Waals surface area (Å²) < 4.78 is 17.6. The monoisotopic (exact) mass is 642 g/mol. The van der Waals surface area contributed by atoms with Gasteiger partial charge in [-0.2, -0.15) is 0 Å². The highest BCUT2D eigenvalue weighted by Crippen LogP contribution is 2.43. The van der Waals surface area contributed by atoms with Gasteiger partial charge in [-0.15, -0.1) is 11.3 Å². The molecule has 0 fully saturated rings. The molecule has 1 radical (unpaired) electrons. The van der Waals surface area contributed by atoms with Crippen molar-refractivity contribution in [2.24, 2.45) is 0 Å². The Hall–Kier alpha value is -4.88. The van der Waals surface area contributed by atoms with Crippen LogP contribution < -0.4 is 5.46 Å². The number of nitrogens with zero attached hydrogens (tertiary/aromatic N) is 1. The predicted molar refractivity (Wildman–Crippen MR) is 203 cm³/mol. The molecule has 0 unspecified atom stereocenters. The van der Waals surface area contributed by atoms with Crippen molar-refractivity contribution in [2.45, 2.75) is 38.9 Å². The minimum Gasteiger partial charge on any atom is -0.455 e. The van der Waals surface area contributed by atoms with Crippen LogP contribution in [0, 0.1) is 0 Å². The van der Waals surface area contributed by atoms with E-state index in [0.29, 0.717) is 0 Å². The van der Waals surface area contributed by atoms with Gasteiger partial charge in [0, 0.05) is 47.4 Å². The summed E-state index contributed by atoms with van der Waals surface area (Å²) in [6.07, 6.45) is 0. The van der Waals surface area contributed by atoms with Crippen LogP contribution in [0.2, 0.25) is 0 Å². The largest absolute Gasteiger partial charge is 0.455 e. The van der Waals surface area contributed by atoms with Crippen LogP contribution >= 0.6 is 11.3 Å². The summed E-state index contributed by atoms with van der Waals surface area (Å²) in [6, 6.07) is 43.1. The van der Waals surface area contributed by atoms with Gasteiger partial charge in [-0.1, -0.05) is 72.8 Å². The van der Waals surface area contributed by atoms with Gasteiger partial charge in [0.15, 0.2) is 0 Å². The second kappa shape index (κ2) is 10.6. The number of aliphatic hydroxyl groups is 1. The molecule has 6 heteroatoms. The van der Waals surface area contributed by atoms with E-state index in [1.807, 2.05) is 33.5 Å². The summed E-state index contributed by atoms with van der Waals surface area (Å²) in [7, 11) is 1.83. The third-order valence-electron chi connectivity index (χ3n) is 10.1. The first-order valence-corrected chi connectivity index (χ1v) is 17.1. The smallest absolute Gasteiger partial charge is 0.332 e. The van der Waals surface area contributed by atoms with Crippen LogP contribution in [0.4, 0.5) is 0 Å². The molecule has 9 rings (SSSR count). The minimum absolute atomic E-state index is 0.821. The van der Waals surface area contributed by atoms with Crippen LogP contribution in [0.25, 0.3) is 80.7 Å². The molecule has 48 heavy (non-hydrogen) atoms. The molecule has 6 aromatic carbocycles. The summed E-state index contributed by atoms with van der Waals surface area (Å²) in [5, 5.41) is 17.8. The predicted octanol–water partition coefficient (Wildman–Crippen LogP) is 10.5. The Morgan fingerprint density at radius 2 is 1.40 bits per heavy atom. The van der Waals surface area contributed by atoms with E-state index < -0.39 is 11.2 Å². The lowest BCUT2D eigenvalue weighted by Gasteiger charge is -2.37. The molecule has 0 saturated heterocycles. The number of thiophene rings is 1. The number of para-hydroxylation sites is 2. The first kappa shape index (κ1) is 29.3. The highest BCUT2D eigenvalue weighted by atomic mass is 32.1. The number of rotatable bonds is 6. The van der Waals surface area contributed by atoms with Crippen LogP contribution in [0.1, 0.15) is 27.7 Å². The Morgan fingerprint density at radius 3 is 2.21 bits per heavy atom. The molecule has 0 aliphatic heterocycles. The summed E-state index contributed by atoms with van der Waals surface area (Å²) in [6.45, 7) is 7.41. The molecule has 0 atom stereocenters. The number of furan rings is 1. The molecule has 3 heterocycles. The Morgan fingerprint density at radius 1 is 0.667 bits per heavy atom. The fraction of sp³-hybridized carbons (Fsp3) is 0.143. The second-order valence-corrected chi connectivity index (χ2v) is 14.7. The van der Waals surface area contributed by atoms with E-state index in [2.05, 4.69) is 114 Å². The SMILES string of the molecule is CC(C)(O)C(C)(C)O[B]c1cc(-n2c3ccccc3c3cc(-c4ccccc4)ccc32)cc2c1sc1ccc3c4ccccc4oc3c12. The van der Waals surface area contributed by atoms with E-state index in [-0.39, 0.29) is 0 Å². The maximum atomic E-state index is 10.9. The number of aromatic nitrogens is 1. The van der Waals surface area contributed by atoms with Gasteiger partial charge in [0.1, 0.15) is 11.2 Å². The summed E-state index contributed by atoms with van der Waals surface area (Å²) in [4.78, 5) is 0. The zero-order chi connectivity index (χ0) is 32.8. The average molecular weight is 643 g/mol. The molecule has 233 valence electrons. The Balaban J connectivity index is 1.34. The van der Waals surface area contributed by atoms with E-state index in [0.717, 1.165) is 64.3 Å². The standard InChI is InChI=1S/C42H33BNO3S/c1-41(2,45)42(3,4)47-43-33-24-27(23-32-38-37(48-40(32)33)21-19-30-29-15-9-11-17-36(29)46-39(30)38)44-34-16-10-8-14-28(34)31-22-26(18-20-35(31)44)25-12-6-5-7-13-25/h5-24,45H,1-4H3. The third-order valence-corrected chi connectivity index (χ3v) is 11.3. The molecule has 0 spiro atoms. The molecule has 0 aliphatic carbocycles. The van der Waals surface area contributed by atoms with Crippen molar-refractivity contribution in [3.63, 3.8) is 0 Å². The van der Waals surface area contributed by atoms with Gasteiger partial charge in [-0.25, -0.2) is 0 Å². The molecule has 4 nitrogen and oxygen atoms in total. The fourth-order valence-electron chi connectivity index (χ4n) is 6.79. The normalized spacial score (nSPS) is 12.8. The molecule has 0 saturated carbocycles. The minimum atomic E-state index is -1.05. The van der Waals surface area contributed by atoms with Crippen molar-refractivity contribution in [1.29, 1.82) is 0 Å². The number of hydrogen-bond donors (Lipinski definition) is 1. The second-order valence-electron chi connectivity index (χ2n) is 13.7. The lowest BCUT2D eigenvalue weighted by Crippen LogP contribution is -2.49. The lowest BCUT2D eigenvalue weighted by atomic mass is 9.82. The highest BCUT2D eigenvalue weighted by Gasteiger charge is 2.36. The van der Waals surface area contributed by atoms with E-state index in [1.165, 1.54) is 21.9 Å². The molecular formula is C42H33BNO3S. The van der Waals surface area contributed by atoms with Crippen molar-refractivity contribution in [3.8, 4) is 16.8 Å². The van der Waals surface area contributed by atoms with Gasteiger partial charge in [0.2, 0.25) is 0 Å². The number of benzene rings is 6. The first-order chi connectivity index (χ1) is 23.2. The van der Waals surface area contributed by atoms with Gasteiger partial charge >= 0.3 is 7.48 Å². The van der Waals surface area contributed by atoms with Crippen molar-refractivity contribution in [1.82, 2.24) is 4.57 Å². The summed E-state index contributed by atoms with van der Waals surface area (Å²) in [5.74, 6) is 0. The topological polar surface area (TPSA) is 47.5 Å². The number of fused-ring (bicyclic) bond motifs is 10. The zero-order valence-electron chi connectivity index (χ0n) is 27.2. The summed E-state index contributed by atoms with van der Waals surface area (Å²) in [5.41, 5.74) is 6.55. The Kier molecular flexibility index (Phi) is 6.44. The molecule has 0 aliphatic rings. The maximum Gasteiger partial charge on any atom is 0.332 e. The van der Waals surface area contributed by atoms with E-state index in [4.69, 9.17) is 9.07 Å². The van der Waals surface area contributed by atoms with E-state index >= 15 is 0 Å². The first-order valence-electron chi connectivity index (χ1n) is 16.3. The van der Waals surface area contributed by atoms with Crippen LogP contribution in [0.5, 0.6) is 0 Å². The highest BCUT2D eigenvalue weighted by molar-refractivity contribution is 7.27. The molecule has 0 amide bonds. The molecule has 3 aromatic heterocycles. The molecule has 1 N–H and O–H groups in total. The van der Waals surface area contributed by atoms with Crippen LogP contribution in [0.15, 0.2) is 126 Å². The van der Waals surface area contributed by atoms with Crippen molar-refractivity contribution < 1.29 is 14.2 Å². The fourth-order valence-corrected chi connectivity index (χ4v) is 7.95. The Bertz CT molecular complexity index is 2690. The van der Waals surface area contributed by atoms with Gasteiger partial charge in [0.05, 0.1) is 22.2 Å². The van der Waals surface area contributed by atoms with Crippen molar-refractivity contribution in [3.05, 3.63) is 121 Å². The maximum absolute atomic E-state index is 10.9. The third kappa shape index (κ3) is 4.44. The van der Waals surface area contributed by atoms with Crippen LogP contribution in [-0.2, 0) is 4.65 Å². The average Bonchev–Trinajstić information content (AvgIpc) is 3.76. The van der Waals surface area contributed by atoms with Crippen molar-refractivity contribution in [2.75, 3.05) is 0 Å². The summed E-state index contributed by atoms with van der Waals surface area (Å²) >= 11 is 1.74. The van der Waals surface area contributed by atoms with E-state index in [9.17, 15) is 5.11 Å². The molecule has 9 aromatic rings.